The number of anilines is 1. The van der Waals surface area contributed by atoms with E-state index < -0.39 is 10.0 Å². The molecule has 0 aliphatic rings. The van der Waals surface area contributed by atoms with Crippen molar-refractivity contribution < 1.29 is 17.7 Å². The zero-order valence-corrected chi connectivity index (χ0v) is 16.5. The van der Waals surface area contributed by atoms with Crippen LogP contribution in [0.1, 0.15) is 21.8 Å². The maximum atomic E-state index is 12.4. The lowest BCUT2D eigenvalue weighted by molar-refractivity contribution is 0.0946. The summed E-state index contributed by atoms with van der Waals surface area (Å²) in [6.45, 7) is 1.83. The van der Waals surface area contributed by atoms with Gasteiger partial charge in [0.15, 0.2) is 0 Å². The largest absolute Gasteiger partial charge is 0.343 e. The maximum absolute atomic E-state index is 12.4. The Morgan fingerprint density at radius 2 is 1.89 bits per heavy atom. The molecule has 1 N–H and O–H groups in total. The zero-order chi connectivity index (χ0) is 20.3. The lowest BCUT2D eigenvalue weighted by Gasteiger charge is -2.19. The van der Waals surface area contributed by atoms with E-state index in [4.69, 9.17) is 4.52 Å². The van der Waals surface area contributed by atoms with Crippen LogP contribution in [0, 0.1) is 6.92 Å². The van der Waals surface area contributed by atoms with Gasteiger partial charge in [0, 0.05) is 18.2 Å². The third-order valence-electron chi connectivity index (χ3n) is 4.20. The van der Waals surface area contributed by atoms with Gasteiger partial charge in [0.1, 0.15) is 0 Å². The van der Waals surface area contributed by atoms with Crippen LogP contribution in [0.25, 0.3) is 11.4 Å². The van der Waals surface area contributed by atoms with Crippen molar-refractivity contribution in [3.63, 3.8) is 0 Å². The van der Waals surface area contributed by atoms with Crippen LogP contribution < -0.4 is 9.62 Å². The van der Waals surface area contributed by atoms with E-state index in [1.54, 1.807) is 25.1 Å². The lowest BCUT2D eigenvalue weighted by Crippen LogP contribution is -2.26. The molecule has 0 radical (unpaired) electrons. The third-order valence-corrected chi connectivity index (χ3v) is 5.39. The van der Waals surface area contributed by atoms with Gasteiger partial charge in [0.05, 0.1) is 18.5 Å². The monoisotopic (exact) mass is 400 g/mol. The Hall–Kier alpha value is -3.20. The van der Waals surface area contributed by atoms with E-state index in [1.807, 2.05) is 30.3 Å². The Kier molecular flexibility index (Phi) is 5.46. The van der Waals surface area contributed by atoms with E-state index in [0.29, 0.717) is 22.6 Å². The van der Waals surface area contributed by atoms with Crippen molar-refractivity contribution >= 4 is 21.6 Å². The van der Waals surface area contributed by atoms with Gasteiger partial charge >= 0.3 is 0 Å². The molecule has 2 aromatic carbocycles. The van der Waals surface area contributed by atoms with Crippen LogP contribution in [-0.2, 0) is 16.6 Å². The molecule has 8 nitrogen and oxygen atoms in total. The molecule has 0 bridgehead atoms. The van der Waals surface area contributed by atoms with Gasteiger partial charge in [-0.25, -0.2) is 8.42 Å². The molecule has 3 rings (SSSR count). The number of aromatic nitrogens is 2. The molecule has 0 unspecified atom stereocenters. The van der Waals surface area contributed by atoms with Gasteiger partial charge in [-0.2, -0.15) is 4.98 Å². The molecule has 28 heavy (non-hydrogen) atoms. The number of benzene rings is 2. The average molecular weight is 400 g/mol. The minimum Gasteiger partial charge on any atom is -0.343 e. The van der Waals surface area contributed by atoms with E-state index in [2.05, 4.69) is 15.5 Å². The Balaban J connectivity index is 1.67. The van der Waals surface area contributed by atoms with Gasteiger partial charge in [-0.05, 0) is 30.7 Å². The highest BCUT2D eigenvalue weighted by atomic mass is 32.2. The zero-order valence-electron chi connectivity index (χ0n) is 15.7. The highest BCUT2D eigenvalue weighted by molar-refractivity contribution is 7.92. The SMILES string of the molecule is Cc1cc(C(=O)NCc2nc(-c3ccccc3)no2)ccc1N(C)S(C)(=O)=O. The Morgan fingerprint density at radius 1 is 1.18 bits per heavy atom. The molecular weight excluding hydrogens is 380 g/mol. The number of hydrogen-bond acceptors (Lipinski definition) is 6. The van der Waals surface area contributed by atoms with Crippen molar-refractivity contribution in [2.45, 2.75) is 13.5 Å². The first-order chi connectivity index (χ1) is 13.3. The van der Waals surface area contributed by atoms with Gasteiger partial charge in [-0.15, -0.1) is 0 Å². The minimum atomic E-state index is -3.37. The van der Waals surface area contributed by atoms with Crippen molar-refractivity contribution in [2.75, 3.05) is 17.6 Å². The second-order valence-corrected chi connectivity index (χ2v) is 8.31. The van der Waals surface area contributed by atoms with Gasteiger partial charge in [-0.1, -0.05) is 35.5 Å². The molecule has 1 heterocycles. The number of hydrogen-bond donors (Lipinski definition) is 1. The summed E-state index contributed by atoms with van der Waals surface area (Å²) >= 11 is 0. The fourth-order valence-electron chi connectivity index (χ4n) is 2.62. The Morgan fingerprint density at radius 3 is 2.54 bits per heavy atom. The van der Waals surface area contributed by atoms with Crippen LogP contribution in [0.3, 0.4) is 0 Å². The lowest BCUT2D eigenvalue weighted by atomic mass is 10.1. The predicted molar refractivity (Wildman–Crippen MR) is 105 cm³/mol. The number of nitrogens with zero attached hydrogens (tertiary/aromatic N) is 3. The summed E-state index contributed by atoms with van der Waals surface area (Å²) in [4.78, 5) is 16.7. The summed E-state index contributed by atoms with van der Waals surface area (Å²) in [6, 6.07) is 14.2. The summed E-state index contributed by atoms with van der Waals surface area (Å²) in [5.74, 6) is 0.419. The molecule has 0 aliphatic carbocycles. The summed E-state index contributed by atoms with van der Waals surface area (Å²) < 4.78 is 29.7. The first-order valence-corrected chi connectivity index (χ1v) is 10.3. The molecule has 9 heteroatoms. The van der Waals surface area contributed by atoms with E-state index in [1.165, 1.54) is 11.4 Å². The van der Waals surface area contributed by atoms with Crippen LogP contribution in [0.4, 0.5) is 5.69 Å². The first-order valence-electron chi connectivity index (χ1n) is 8.46. The van der Waals surface area contributed by atoms with Crippen LogP contribution in [0.15, 0.2) is 53.1 Å². The molecular formula is C19H20N4O4S. The Bertz CT molecular complexity index is 1090. The van der Waals surface area contributed by atoms with Crippen molar-refractivity contribution in [2.24, 2.45) is 0 Å². The Labute approximate surface area is 163 Å². The molecule has 3 aromatic rings. The van der Waals surface area contributed by atoms with Crippen molar-refractivity contribution in [1.82, 2.24) is 15.5 Å². The van der Waals surface area contributed by atoms with Crippen LogP contribution in [-0.4, -0.2) is 37.8 Å². The molecule has 146 valence electrons. The van der Waals surface area contributed by atoms with E-state index in [-0.39, 0.29) is 18.3 Å². The van der Waals surface area contributed by atoms with Crippen LogP contribution in [0.2, 0.25) is 0 Å². The normalized spacial score (nSPS) is 11.2. The van der Waals surface area contributed by atoms with E-state index >= 15 is 0 Å². The topological polar surface area (TPSA) is 105 Å². The fourth-order valence-corrected chi connectivity index (χ4v) is 3.18. The highest BCUT2D eigenvalue weighted by Gasteiger charge is 2.16. The smallest absolute Gasteiger partial charge is 0.251 e. The summed E-state index contributed by atoms with van der Waals surface area (Å²) in [5, 5.41) is 6.62. The predicted octanol–water partition coefficient (Wildman–Crippen LogP) is 2.37. The molecule has 1 amide bonds. The second-order valence-electron chi connectivity index (χ2n) is 6.29. The highest BCUT2D eigenvalue weighted by Crippen LogP contribution is 2.22. The number of nitrogens with one attached hydrogen (secondary N) is 1. The molecule has 0 saturated carbocycles. The first kappa shape index (κ1) is 19.6. The quantitative estimate of drug-likeness (QED) is 0.681. The van der Waals surface area contributed by atoms with Crippen molar-refractivity contribution in [3.05, 3.63) is 65.5 Å². The number of sulfonamides is 1. The van der Waals surface area contributed by atoms with E-state index in [9.17, 15) is 13.2 Å². The second kappa shape index (κ2) is 7.81. The molecule has 1 aromatic heterocycles. The van der Waals surface area contributed by atoms with Crippen molar-refractivity contribution in [1.29, 1.82) is 0 Å². The molecule has 0 atom stereocenters. The summed E-state index contributed by atoms with van der Waals surface area (Å²) in [5.41, 5.74) is 2.42. The summed E-state index contributed by atoms with van der Waals surface area (Å²) in [6.07, 6.45) is 1.13. The summed E-state index contributed by atoms with van der Waals surface area (Å²) in [7, 11) is -1.90. The van der Waals surface area contributed by atoms with Crippen molar-refractivity contribution in [3.8, 4) is 11.4 Å². The van der Waals surface area contributed by atoms with Gasteiger partial charge in [0.2, 0.25) is 21.7 Å². The molecule has 0 spiro atoms. The van der Waals surface area contributed by atoms with Gasteiger partial charge in [-0.3, -0.25) is 9.10 Å². The number of rotatable bonds is 6. The molecule has 0 saturated heterocycles. The number of carbonyl (C=O) groups is 1. The molecule has 0 fully saturated rings. The number of amides is 1. The third kappa shape index (κ3) is 4.37. The fraction of sp³-hybridized carbons (Fsp3) is 0.211. The van der Waals surface area contributed by atoms with Crippen LogP contribution >= 0.6 is 0 Å². The maximum Gasteiger partial charge on any atom is 0.251 e. The number of aryl methyl sites for hydroxylation is 1. The molecule has 0 aliphatic heterocycles. The van der Waals surface area contributed by atoms with Gasteiger partial charge < -0.3 is 9.84 Å². The minimum absolute atomic E-state index is 0.0860. The van der Waals surface area contributed by atoms with Gasteiger partial charge in [0.25, 0.3) is 5.91 Å². The van der Waals surface area contributed by atoms with E-state index in [0.717, 1.165) is 11.8 Å². The number of carbonyl (C=O) groups excluding carboxylic acids is 1. The van der Waals surface area contributed by atoms with Crippen LogP contribution in [0.5, 0.6) is 0 Å². The average Bonchev–Trinajstić information content (AvgIpc) is 3.14. The standard InChI is InChI=1S/C19H20N4O4S/c1-13-11-15(9-10-16(13)23(2)28(3,25)26)19(24)20-12-17-21-18(22-27-17)14-7-5-4-6-8-14/h4-11H,12H2,1-3H3,(H,20,24).